The van der Waals surface area contributed by atoms with E-state index >= 15 is 0 Å². The molecule has 0 fully saturated rings. The maximum absolute atomic E-state index is 12.8. The summed E-state index contributed by atoms with van der Waals surface area (Å²) in [5.74, 6) is 0.845. The van der Waals surface area contributed by atoms with Gasteiger partial charge in [-0.15, -0.1) is 11.8 Å². The second kappa shape index (κ2) is 6.57. The second-order valence-corrected chi connectivity index (χ2v) is 5.70. The number of amides is 1. The lowest BCUT2D eigenvalue weighted by Gasteiger charge is -2.06. The number of hydrogen-bond acceptors (Lipinski definition) is 4. The number of carbonyl (C=O) groups is 1. The van der Waals surface area contributed by atoms with Gasteiger partial charge in [0.05, 0.1) is 6.20 Å². The first-order chi connectivity index (χ1) is 10.7. The highest BCUT2D eigenvalue weighted by atomic mass is 32.2. The molecule has 1 amide bonds. The molecule has 112 valence electrons. The van der Waals surface area contributed by atoms with E-state index in [1.807, 2.05) is 0 Å². The first kappa shape index (κ1) is 14.5. The highest BCUT2D eigenvalue weighted by Crippen LogP contribution is 2.19. The lowest BCUT2D eigenvalue weighted by Crippen LogP contribution is -2.15. The van der Waals surface area contributed by atoms with E-state index in [0.717, 1.165) is 4.90 Å². The minimum atomic E-state index is -0.261. The van der Waals surface area contributed by atoms with Crippen molar-refractivity contribution in [3.8, 4) is 0 Å². The van der Waals surface area contributed by atoms with Gasteiger partial charge in [0, 0.05) is 29.3 Å². The molecule has 7 heteroatoms. The van der Waals surface area contributed by atoms with Gasteiger partial charge in [-0.2, -0.15) is 9.61 Å². The maximum Gasteiger partial charge on any atom is 0.226 e. The van der Waals surface area contributed by atoms with Crippen LogP contribution in [0, 0.1) is 5.82 Å². The quantitative estimate of drug-likeness (QED) is 0.735. The van der Waals surface area contributed by atoms with E-state index in [9.17, 15) is 9.18 Å². The third-order valence-corrected chi connectivity index (χ3v) is 3.98. The van der Waals surface area contributed by atoms with Crippen molar-refractivity contribution in [3.05, 3.63) is 54.6 Å². The van der Waals surface area contributed by atoms with Crippen molar-refractivity contribution in [2.24, 2.45) is 0 Å². The molecule has 22 heavy (non-hydrogen) atoms. The fourth-order valence-corrected chi connectivity index (χ4v) is 2.78. The maximum atomic E-state index is 12.8. The molecule has 0 atom stereocenters. The average Bonchev–Trinajstić information content (AvgIpc) is 2.99. The number of hydrogen-bond donors (Lipinski definition) is 1. The van der Waals surface area contributed by atoms with Crippen molar-refractivity contribution in [2.75, 3.05) is 11.1 Å². The molecular formula is C15H13FN4OS. The third kappa shape index (κ3) is 3.43. The van der Waals surface area contributed by atoms with Crippen LogP contribution < -0.4 is 5.32 Å². The number of rotatable bonds is 5. The van der Waals surface area contributed by atoms with Gasteiger partial charge in [-0.1, -0.05) is 0 Å². The van der Waals surface area contributed by atoms with Crippen molar-refractivity contribution < 1.29 is 9.18 Å². The van der Waals surface area contributed by atoms with Gasteiger partial charge in [-0.3, -0.25) is 4.79 Å². The fraction of sp³-hybridized carbons (Fsp3) is 0.133. The Kier molecular flexibility index (Phi) is 4.34. The molecule has 2 heterocycles. The van der Waals surface area contributed by atoms with Crippen molar-refractivity contribution in [1.29, 1.82) is 0 Å². The van der Waals surface area contributed by atoms with Gasteiger partial charge in [0.25, 0.3) is 0 Å². The molecule has 0 saturated heterocycles. The highest BCUT2D eigenvalue weighted by Gasteiger charge is 2.07. The number of halogens is 1. The predicted octanol–water partition coefficient (Wildman–Crippen LogP) is 2.99. The van der Waals surface area contributed by atoms with E-state index in [-0.39, 0.29) is 11.7 Å². The predicted molar refractivity (Wildman–Crippen MR) is 83.4 cm³/mol. The Labute approximate surface area is 130 Å². The normalized spacial score (nSPS) is 10.8. The third-order valence-electron chi connectivity index (χ3n) is 2.97. The van der Waals surface area contributed by atoms with Crippen LogP contribution in [-0.2, 0) is 4.79 Å². The van der Waals surface area contributed by atoms with Gasteiger partial charge < -0.3 is 5.32 Å². The molecular weight excluding hydrogens is 303 g/mol. The van der Waals surface area contributed by atoms with Gasteiger partial charge in [0.15, 0.2) is 5.65 Å². The number of anilines is 1. The minimum absolute atomic E-state index is 0.0994. The SMILES string of the molecule is O=C(CCSc1ccc(F)cc1)Nc1ccnc2ccnn12. The van der Waals surface area contributed by atoms with Gasteiger partial charge in [-0.05, 0) is 30.3 Å². The van der Waals surface area contributed by atoms with Crippen LogP contribution in [0.2, 0.25) is 0 Å². The van der Waals surface area contributed by atoms with Crippen LogP contribution in [-0.4, -0.2) is 26.3 Å². The van der Waals surface area contributed by atoms with Crippen LogP contribution >= 0.6 is 11.8 Å². The van der Waals surface area contributed by atoms with Gasteiger partial charge in [-0.25, -0.2) is 9.37 Å². The molecule has 0 spiro atoms. The standard InChI is InChI=1S/C15H13FN4OS/c16-11-1-3-12(4-2-11)22-10-7-15(21)19-14-5-8-17-13-6-9-18-20(13)14/h1-6,8-9H,7,10H2,(H,19,21). The molecule has 1 N–H and O–H groups in total. The van der Waals surface area contributed by atoms with Crippen molar-refractivity contribution in [2.45, 2.75) is 11.3 Å². The molecule has 0 aliphatic heterocycles. The zero-order valence-electron chi connectivity index (χ0n) is 11.6. The summed E-state index contributed by atoms with van der Waals surface area (Å²) in [5, 5.41) is 6.92. The van der Waals surface area contributed by atoms with E-state index in [4.69, 9.17) is 0 Å². The summed E-state index contributed by atoms with van der Waals surface area (Å²) in [6.45, 7) is 0. The Bertz CT molecular complexity index is 788. The van der Waals surface area contributed by atoms with E-state index < -0.39 is 0 Å². The van der Waals surface area contributed by atoms with Crippen molar-refractivity contribution >= 4 is 29.1 Å². The van der Waals surface area contributed by atoms with Crippen LogP contribution in [0.15, 0.2) is 53.7 Å². The summed E-state index contributed by atoms with van der Waals surface area (Å²) in [5.41, 5.74) is 0.679. The summed E-state index contributed by atoms with van der Waals surface area (Å²) < 4.78 is 14.4. The van der Waals surface area contributed by atoms with Crippen LogP contribution in [0.1, 0.15) is 6.42 Å². The van der Waals surface area contributed by atoms with Crippen LogP contribution in [0.3, 0.4) is 0 Å². The van der Waals surface area contributed by atoms with E-state index in [1.54, 1.807) is 41.2 Å². The Hall–Kier alpha value is -2.41. The van der Waals surface area contributed by atoms with E-state index in [0.29, 0.717) is 23.6 Å². The van der Waals surface area contributed by atoms with Crippen molar-refractivity contribution in [3.63, 3.8) is 0 Å². The fourth-order valence-electron chi connectivity index (χ4n) is 1.93. The van der Waals surface area contributed by atoms with E-state index in [1.165, 1.54) is 23.9 Å². The van der Waals surface area contributed by atoms with Crippen LogP contribution in [0.4, 0.5) is 10.2 Å². The number of nitrogens with zero attached hydrogens (tertiary/aromatic N) is 3. The Balaban J connectivity index is 1.54. The molecule has 0 bridgehead atoms. The first-order valence-corrected chi connectivity index (χ1v) is 7.68. The molecule has 5 nitrogen and oxygen atoms in total. The molecule has 0 aliphatic rings. The summed E-state index contributed by atoms with van der Waals surface area (Å²) >= 11 is 1.51. The zero-order chi connectivity index (χ0) is 15.4. The number of carbonyl (C=O) groups excluding carboxylic acids is 1. The number of aromatic nitrogens is 3. The topological polar surface area (TPSA) is 59.3 Å². The zero-order valence-corrected chi connectivity index (χ0v) is 12.4. The number of thioether (sulfide) groups is 1. The summed E-state index contributed by atoms with van der Waals surface area (Å²) in [7, 11) is 0. The summed E-state index contributed by atoms with van der Waals surface area (Å²) in [6.07, 6.45) is 3.61. The van der Waals surface area contributed by atoms with Crippen molar-refractivity contribution in [1.82, 2.24) is 14.6 Å². The molecule has 2 aromatic heterocycles. The highest BCUT2D eigenvalue weighted by molar-refractivity contribution is 7.99. The second-order valence-electron chi connectivity index (χ2n) is 4.53. The van der Waals surface area contributed by atoms with Gasteiger partial charge >= 0.3 is 0 Å². The minimum Gasteiger partial charge on any atom is -0.311 e. The smallest absolute Gasteiger partial charge is 0.226 e. The van der Waals surface area contributed by atoms with E-state index in [2.05, 4.69) is 15.4 Å². The monoisotopic (exact) mass is 316 g/mol. The molecule has 3 rings (SSSR count). The Morgan fingerprint density at radius 1 is 1.18 bits per heavy atom. The molecule has 0 aliphatic carbocycles. The molecule has 0 unspecified atom stereocenters. The van der Waals surface area contributed by atoms with Gasteiger partial charge in [0.1, 0.15) is 11.6 Å². The lowest BCUT2D eigenvalue weighted by atomic mass is 10.4. The molecule has 0 radical (unpaired) electrons. The molecule has 1 aromatic carbocycles. The molecule has 0 saturated carbocycles. The average molecular weight is 316 g/mol. The Morgan fingerprint density at radius 3 is 2.82 bits per heavy atom. The first-order valence-electron chi connectivity index (χ1n) is 6.69. The number of fused-ring (bicyclic) bond motifs is 1. The van der Waals surface area contributed by atoms with Crippen LogP contribution in [0.25, 0.3) is 5.65 Å². The Morgan fingerprint density at radius 2 is 2.00 bits per heavy atom. The lowest BCUT2D eigenvalue weighted by molar-refractivity contribution is -0.115. The summed E-state index contributed by atoms with van der Waals surface area (Å²) in [6, 6.07) is 9.69. The number of benzene rings is 1. The largest absolute Gasteiger partial charge is 0.311 e. The molecule has 3 aromatic rings. The summed E-state index contributed by atoms with van der Waals surface area (Å²) in [4.78, 5) is 17.0. The van der Waals surface area contributed by atoms with Crippen LogP contribution in [0.5, 0.6) is 0 Å². The number of nitrogens with one attached hydrogen (secondary N) is 1. The van der Waals surface area contributed by atoms with Gasteiger partial charge in [0.2, 0.25) is 5.91 Å².